The van der Waals surface area contributed by atoms with Crippen LogP contribution in [0.1, 0.15) is 37.8 Å². The molecule has 0 radical (unpaired) electrons. The predicted molar refractivity (Wildman–Crippen MR) is 140 cm³/mol. The van der Waals surface area contributed by atoms with Crippen molar-refractivity contribution in [2.75, 3.05) is 23.9 Å². The number of nitrogens with zero attached hydrogens (tertiary/aromatic N) is 2. The van der Waals surface area contributed by atoms with Crippen molar-refractivity contribution in [3.8, 4) is 0 Å². The molecule has 2 aliphatic heterocycles. The van der Waals surface area contributed by atoms with Crippen LogP contribution in [-0.4, -0.2) is 37.7 Å². The Morgan fingerprint density at radius 1 is 0.917 bits per heavy atom. The van der Waals surface area contributed by atoms with Gasteiger partial charge in [0.15, 0.2) is 5.71 Å². The van der Waals surface area contributed by atoms with Crippen LogP contribution in [0, 0.1) is 5.82 Å². The van der Waals surface area contributed by atoms with Crippen LogP contribution in [0.4, 0.5) is 15.8 Å². The highest BCUT2D eigenvalue weighted by atomic mass is 35.5. The minimum atomic E-state index is -3.69. The second kappa shape index (κ2) is 10.2. The van der Waals surface area contributed by atoms with E-state index < -0.39 is 15.7 Å². The Morgan fingerprint density at radius 3 is 2.22 bits per heavy atom. The third-order valence-corrected chi connectivity index (χ3v) is 8.66. The molecule has 3 aromatic carbocycles. The first kappa shape index (κ1) is 26.1. The van der Waals surface area contributed by atoms with Gasteiger partial charge in [0.2, 0.25) is 15.5 Å². The van der Waals surface area contributed by atoms with Crippen molar-refractivity contribution in [3.05, 3.63) is 95.8 Å². The van der Waals surface area contributed by atoms with Gasteiger partial charge in [-0.05, 0) is 74.7 Å². The van der Waals surface area contributed by atoms with E-state index in [0.29, 0.717) is 0 Å². The summed E-state index contributed by atoms with van der Waals surface area (Å²) in [5, 5.41) is 0. The number of allylic oxidation sites excluding steroid dienone is 1. The van der Waals surface area contributed by atoms with Gasteiger partial charge in [-0.15, -0.1) is 0 Å². The quantitative estimate of drug-likeness (QED) is 0.368. The van der Waals surface area contributed by atoms with Gasteiger partial charge in [0.25, 0.3) is 5.88 Å². The maximum Gasteiger partial charge on any atom is 0.252 e. The lowest BCUT2D eigenvalue weighted by Crippen LogP contribution is -3.00. The summed E-state index contributed by atoms with van der Waals surface area (Å²) in [6.45, 7) is 6.45. The average molecular weight is 525 g/mol. The van der Waals surface area contributed by atoms with Crippen LogP contribution in [0.3, 0.4) is 0 Å². The number of rotatable bonds is 6. The second-order valence-corrected chi connectivity index (χ2v) is 11.7. The van der Waals surface area contributed by atoms with Crippen LogP contribution in [0.2, 0.25) is 0 Å². The topological polar surface area (TPSA) is 40.4 Å². The highest BCUT2D eigenvalue weighted by Gasteiger charge is 2.45. The van der Waals surface area contributed by atoms with Crippen molar-refractivity contribution in [1.29, 1.82) is 0 Å². The van der Waals surface area contributed by atoms with Gasteiger partial charge in [-0.25, -0.2) is 12.8 Å². The molecule has 188 valence electrons. The maximum absolute atomic E-state index is 13.4. The first-order valence-corrected chi connectivity index (χ1v) is 13.7. The molecule has 0 saturated carbocycles. The van der Waals surface area contributed by atoms with E-state index in [0.717, 1.165) is 35.6 Å². The van der Waals surface area contributed by atoms with Crippen LogP contribution < -0.4 is 17.3 Å². The highest BCUT2D eigenvalue weighted by Crippen LogP contribution is 2.40. The Bertz CT molecular complexity index is 1410. The van der Waals surface area contributed by atoms with E-state index in [-0.39, 0.29) is 28.6 Å². The summed E-state index contributed by atoms with van der Waals surface area (Å²) >= 11 is 0. The highest BCUT2D eigenvalue weighted by molar-refractivity contribution is 7.91. The van der Waals surface area contributed by atoms with Crippen molar-refractivity contribution in [3.63, 3.8) is 0 Å². The van der Waals surface area contributed by atoms with Crippen molar-refractivity contribution >= 4 is 33.0 Å². The Kier molecular flexibility index (Phi) is 7.39. The van der Waals surface area contributed by atoms with Crippen molar-refractivity contribution < 1.29 is 29.8 Å². The Hall–Kier alpha value is -2.96. The van der Waals surface area contributed by atoms with E-state index in [4.69, 9.17) is 0 Å². The molecule has 0 amide bonds. The SMILES string of the molecule is CC1(C)C(/C=C/c2ccc(N3CCCC3)cc2)=[N+](CS(=O)(=O)c2ccc(F)cc2)c2ccccc21.[Cl-]. The van der Waals surface area contributed by atoms with Gasteiger partial charge in [0.05, 0.1) is 10.3 Å². The monoisotopic (exact) mass is 524 g/mol. The Morgan fingerprint density at radius 2 is 1.56 bits per heavy atom. The molecule has 1 saturated heterocycles. The largest absolute Gasteiger partial charge is 1.00 e. The number of sulfone groups is 1. The van der Waals surface area contributed by atoms with Gasteiger partial charge in [-0.3, -0.25) is 0 Å². The number of para-hydroxylation sites is 1. The molecule has 0 spiro atoms. The molecule has 0 aliphatic carbocycles. The summed E-state index contributed by atoms with van der Waals surface area (Å²) in [6, 6.07) is 21.5. The van der Waals surface area contributed by atoms with Crippen LogP contribution in [-0.2, 0) is 15.3 Å². The van der Waals surface area contributed by atoms with E-state index in [1.54, 1.807) is 0 Å². The summed E-state index contributed by atoms with van der Waals surface area (Å²) < 4.78 is 41.9. The van der Waals surface area contributed by atoms with Gasteiger partial charge in [0.1, 0.15) is 5.82 Å². The number of halogens is 2. The Balaban J connectivity index is 0.00000304. The molecule has 0 atom stereocenters. The number of anilines is 1. The number of hydrogen-bond acceptors (Lipinski definition) is 3. The minimum absolute atomic E-state index is 0. The van der Waals surface area contributed by atoms with E-state index in [1.807, 2.05) is 34.9 Å². The van der Waals surface area contributed by atoms with Crippen LogP contribution in [0.15, 0.2) is 83.8 Å². The molecule has 5 rings (SSSR count). The van der Waals surface area contributed by atoms with Gasteiger partial charge >= 0.3 is 0 Å². The molecule has 2 heterocycles. The van der Waals surface area contributed by atoms with Crippen molar-refractivity contribution in [2.45, 2.75) is 37.0 Å². The number of fused-ring (bicyclic) bond motifs is 1. The van der Waals surface area contributed by atoms with Gasteiger partial charge in [0, 0.05) is 36.5 Å². The zero-order valence-electron chi connectivity index (χ0n) is 20.5. The van der Waals surface area contributed by atoms with Gasteiger partial charge < -0.3 is 17.3 Å². The normalized spacial score (nSPS) is 16.9. The molecular formula is C29H30ClFN2O2S. The van der Waals surface area contributed by atoms with Crippen molar-refractivity contribution in [1.82, 2.24) is 0 Å². The van der Waals surface area contributed by atoms with E-state index in [2.05, 4.69) is 49.1 Å². The van der Waals surface area contributed by atoms with Gasteiger partial charge in [-0.2, -0.15) is 4.58 Å². The summed E-state index contributed by atoms with van der Waals surface area (Å²) in [5.74, 6) is -0.672. The predicted octanol–water partition coefficient (Wildman–Crippen LogP) is 2.95. The van der Waals surface area contributed by atoms with E-state index >= 15 is 0 Å². The fourth-order valence-electron chi connectivity index (χ4n) is 5.11. The number of hydrogen-bond donors (Lipinski definition) is 0. The third-order valence-electron chi connectivity index (χ3n) is 7.07. The third kappa shape index (κ3) is 4.97. The molecule has 2 aliphatic rings. The molecule has 4 nitrogen and oxygen atoms in total. The van der Waals surface area contributed by atoms with Crippen LogP contribution in [0.5, 0.6) is 0 Å². The smallest absolute Gasteiger partial charge is 0.252 e. The standard InChI is InChI=1S/C29H30FN2O2S.ClH/c1-29(2)26-7-3-4-8-27(26)32(21-35(33,34)25-16-12-23(30)13-17-25)28(29)18-11-22-9-14-24(15-10-22)31-19-5-6-20-31;/h3-4,7-18H,5-6,19-21H2,1-2H3;1H/q+1;/p-1. The van der Waals surface area contributed by atoms with Crippen molar-refractivity contribution in [2.24, 2.45) is 0 Å². The zero-order valence-corrected chi connectivity index (χ0v) is 22.1. The van der Waals surface area contributed by atoms with E-state index in [1.165, 1.54) is 42.8 Å². The second-order valence-electron chi connectivity index (χ2n) is 9.77. The molecule has 0 bridgehead atoms. The van der Waals surface area contributed by atoms with E-state index in [9.17, 15) is 12.8 Å². The molecule has 1 fully saturated rings. The fourth-order valence-corrected chi connectivity index (χ4v) is 6.43. The minimum Gasteiger partial charge on any atom is -1.00 e. The lowest BCUT2D eigenvalue weighted by atomic mass is 9.81. The molecule has 36 heavy (non-hydrogen) atoms. The summed E-state index contributed by atoms with van der Waals surface area (Å²) in [7, 11) is -3.69. The lowest BCUT2D eigenvalue weighted by molar-refractivity contribution is -0.414. The molecule has 0 aromatic heterocycles. The maximum atomic E-state index is 13.4. The molecule has 3 aromatic rings. The molecular weight excluding hydrogens is 495 g/mol. The summed E-state index contributed by atoms with van der Waals surface area (Å²) in [5.41, 5.74) is 4.81. The summed E-state index contributed by atoms with van der Waals surface area (Å²) in [6.07, 6.45) is 6.57. The van der Waals surface area contributed by atoms with Gasteiger partial charge in [-0.1, -0.05) is 30.3 Å². The number of benzene rings is 3. The zero-order chi connectivity index (χ0) is 24.6. The molecule has 7 heteroatoms. The molecule has 0 unspecified atom stereocenters. The lowest BCUT2D eigenvalue weighted by Gasteiger charge is -2.17. The van der Waals surface area contributed by atoms with Crippen LogP contribution >= 0.6 is 0 Å². The van der Waals surface area contributed by atoms with Crippen LogP contribution in [0.25, 0.3) is 6.08 Å². The first-order valence-electron chi connectivity index (χ1n) is 12.0. The average Bonchev–Trinajstić information content (AvgIpc) is 3.45. The fraction of sp³-hybridized carbons (Fsp3) is 0.276. The first-order chi connectivity index (χ1) is 16.8. The summed E-state index contributed by atoms with van der Waals surface area (Å²) in [4.78, 5) is 2.52. The Labute approximate surface area is 219 Å². The molecule has 0 N–H and O–H groups in total.